The van der Waals surface area contributed by atoms with Crippen molar-refractivity contribution in [2.45, 2.75) is 55.2 Å². The lowest BCUT2D eigenvalue weighted by Crippen LogP contribution is -2.58. The molecular formula is C16H24N5O13P. The van der Waals surface area contributed by atoms with E-state index in [1.807, 2.05) is 0 Å². The fraction of sp³-hybridized carbons (Fsp3) is 0.688. The van der Waals surface area contributed by atoms with E-state index in [2.05, 4.69) is 15.0 Å². The van der Waals surface area contributed by atoms with Crippen molar-refractivity contribution in [2.75, 3.05) is 18.9 Å². The predicted octanol–water partition coefficient (Wildman–Crippen LogP) is -4.75. The first-order valence-corrected chi connectivity index (χ1v) is 11.6. The van der Waals surface area contributed by atoms with Gasteiger partial charge in [0.25, 0.3) is 5.56 Å². The van der Waals surface area contributed by atoms with Crippen molar-refractivity contribution in [1.82, 2.24) is 19.5 Å². The van der Waals surface area contributed by atoms with Crippen LogP contribution in [0.5, 0.6) is 0 Å². The largest absolute Gasteiger partial charge is 0.472 e. The van der Waals surface area contributed by atoms with Gasteiger partial charge in [0.05, 0.1) is 19.5 Å². The molecular weight excluding hydrogens is 501 g/mol. The van der Waals surface area contributed by atoms with Crippen LogP contribution in [0.15, 0.2) is 11.1 Å². The Labute approximate surface area is 194 Å². The number of fused-ring (bicyclic) bond motifs is 1. The van der Waals surface area contributed by atoms with Crippen LogP contribution in [0.4, 0.5) is 5.95 Å². The van der Waals surface area contributed by atoms with Gasteiger partial charge in [-0.25, -0.2) is 9.55 Å². The van der Waals surface area contributed by atoms with E-state index >= 15 is 0 Å². The molecule has 10 N–H and O–H groups in total. The summed E-state index contributed by atoms with van der Waals surface area (Å²) in [5, 5.41) is 59.2. The van der Waals surface area contributed by atoms with E-state index in [-0.39, 0.29) is 17.1 Å². The molecule has 2 fully saturated rings. The highest BCUT2D eigenvalue weighted by atomic mass is 31.2. The molecule has 10 atom stereocenters. The van der Waals surface area contributed by atoms with E-state index in [0.717, 1.165) is 10.9 Å². The number of nitrogens with one attached hydrogen (secondary N) is 1. The number of nitrogens with zero attached hydrogens (tertiary/aromatic N) is 3. The molecule has 2 aliphatic heterocycles. The smallest absolute Gasteiger partial charge is 0.387 e. The molecule has 18 nitrogen and oxygen atoms in total. The molecule has 0 amide bonds. The van der Waals surface area contributed by atoms with Crippen molar-refractivity contribution in [3.05, 3.63) is 16.7 Å². The third-order valence-electron chi connectivity index (χ3n) is 5.55. The molecule has 0 aliphatic carbocycles. The average molecular weight is 525 g/mol. The highest BCUT2D eigenvalue weighted by Gasteiger charge is 2.46. The van der Waals surface area contributed by atoms with E-state index in [0.29, 0.717) is 0 Å². The van der Waals surface area contributed by atoms with Crippen molar-refractivity contribution in [3.63, 3.8) is 0 Å². The Hall–Kier alpha value is -2.06. The number of aromatic amines is 1. The summed E-state index contributed by atoms with van der Waals surface area (Å²) >= 11 is 0. The molecule has 2 saturated heterocycles. The first-order chi connectivity index (χ1) is 16.4. The molecule has 19 heteroatoms. The van der Waals surface area contributed by atoms with E-state index in [1.165, 1.54) is 0 Å². The number of nitrogens with two attached hydrogens (primary N) is 1. The van der Waals surface area contributed by atoms with Crippen LogP contribution < -0.4 is 11.3 Å². The maximum atomic E-state index is 12.2. The SMILES string of the molecule is Nc1nc2c(ncn2[C@@H]2O[C@H](COP(=O)(O)OC[C@H]3OC(O)[C@@H](O)[C@@H](O)[C@@H]3O)[C@@H](O)[C@H]2O)c(=O)[nH]1. The maximum Gasteiger partial charge on any atom is 0.472 e. The van der Waals surface area contributed by atoms with Crippen LogP contribution in [-0.2, 0) is 23.1 Å². The second-order valence-corrected chi connectivity index (χ2v) is 9.37. The normalized spacial score (nSPS) is 37.5. The van der Waals surface area contributed by atoms with Gasteiger partial charge in [-0.05, 0) is 0 Å². The quantitative estimate of drug-likeness (QED) is 0.153. The standard InChI is InChI=1S/C16H24N5O13P/c17-16-19-12-6(13(27)20-16)18-3-21(12)14-10(25)8(23)4(33-14)1-31-35(29,30)32-2-5-7(22)9(24)11(26)15(28)34-5/h3-5,7-11,14-15,22-26,28H,1-2H2,(H,29,30)(H3,17,19,20,27)/t4-,5-,7-,8-,9+,10-,11+,14-,15?/m1/s1. The number of anilines is 1. The molecule has 2 aliphatic rings. The van der Waals surface area contributed by atoms with E-state index in [9.17, 15) is 44.9 Å². The number of phosphoric acid groups is 1. The molecule has 196 valence electrons. The Balaban J connectivity index is 1.38. The summed E-state index contributed by atoms with van der Waals surface area (Å²) in [5.41, 5.74) is 4.75. The summed E-state index contributed by atoms with van der Waals surface area (Å²) in [7, 11) is -4.85. The molecule has 0 saturated carbocycles. The van der Waals surface area contributed by atoms with Gasteiger partial charge in [-0.3, -0.25) is 23.4 Å². The van der Waals surface area contributed by atoms with Crippen LogP contribution in [0.25, 0.3) is 11.2 Å². The summed E-state index contributed by atoms with van der Waals surface area (Å²) in [6.07, 6.45) is -13.4. The number of H-pyrrole nitrogens is 1. The second-order valence-electron chi connectivity index (χ2n) is 7.92. The predicted molar refractivity (Wildman–Crippen MR) is 109 cm³/mol. The molecule has 0 radical (unpaired) electrons. The van der Waals surface area contributed by atoms with Crippen LogP contribution >= 0.6 is 7.82 Å². The number of nitrogen functional groups attached to an aromatic ring is 1. The summed E-state index contributed by atoms with van der Waals surface area (Å²) < 4.78 is 33.2. The monoisotopic (exact) mass is 525 g/mol. The van der Waals surface area contributed by atoms with Crippen LogP contribution in [-0.4, -0.2) is 117 Å². The van der Waals surface area contributed by atoms with E-state index < -0.39 is 81.8 Å². The van der Waals surface area contributed by atoms with Crippen LogP contribution in [0.3, 0.4) is 0 Å². The van der Waals surface area contributed by atoms with Gasteiger partial charge in [-0.2, -0.15) is 4.98 Å². The molecule has 0 aromatic carbocycles. The molecule has 2 unspecified atom stereocenters. The van der Waals surface area contributed by atoms with E-state index in [1.54, 1.807) is 0 Å². The fourth-order valence-electron chi connectivity index (χ4n) is 3.67. The zero-order valence-electron chi connectivity index (χ0n) is 17.6. The summed E-state index contributed by atoms with van der Waals surface area (Å²) in [6.45, 7) is -1.57. The molecule has 2 aromatic heterocycles. The highest BCUT2D eigenvalue weighted by molar-refractivity contribution is 7.47. The van der Waals surface area contributed by atoms with Gasteiger partial charge in [0.2, 0.25) is 5.95 Å². The summed E-state index contributed by atoms with van der Waals surface area (Å²) in [4.78, 5) is 31.9. The lowest BCUT2D eigenvalue weighted by atomic mass is 10.00. The zero-order chi connectivity index (χ0) is 25.7. The number of hydrogen-bond donors (Lipinski definition) is 9. The van der Waals surface area contributed by atoms with Crippen LogP contribution in [0.2, 0.25) is 0 Å². The maximum absolute atomic E-state index is 12.2. The molecule has 0 bridgehead atoms. The number of phosphoric ester groups is 1. The Kier molecular flexibility index (Phi) is 7.26. The number of aliphatic hydroxyl groups is 6. The number of imidazole rings is 1. The summed E-state index contributed by atoms with van der Waals surface area (Å²) in [6, 6.07) is 0. The number of hydrogen-bond acceptors (Lipinski definition) is 15. The Morgan fingerprint density at radius 2 is 1.60 bits per heavy atom. The number of ether oxygens (including phenoxy) is 2. The van der Waals surface area contributed by atoms with Gasteiger partial charge in [-0.1, -0.05) is 0 Å². The topological polar surface area (TPSA) is 285 Å². The molecule has 4 rings (SSSR count). The van der Waals surface area contributed by atoms with Crippen LogP contribution in [0, 0.1) is 0 Å². The van der Waals surface area contributed by atoms with Crippen molar-refractivity contribution in [2.24, 2.45) is 0 Å². The number of aromatic nitrogens is 4. The molecule has 0 spiro atoms. The first kappa shape index (κ1) is 26.0. The fourth-order valence-corrected chi connectivity index (χ4v) is 4.41. The van der Waals surface area contributed by atoms with Crippen molar-refractivity contribution in [3.8, 4) is 0 Å². The van der Waals surface area contributed by atoms with Gasteiger partial charge in [-0.15, -0.1) is 0 Å². The van der Waals surface area contributed by atoms with Crippen molar-refractivity contribution < 1.29 is 58.6 Å². The number of aliphatic hydroxyl groups excluding tert-OH is 6. The lowest BCUT2D eigenvalue weighted by molar-refractivity contribution is -0.285. The van der Waals surface area contributed by atoms with Crippen molar-refractivity contribution in [1.29, 1.82) is 0 Å². The van der Waals surface area contributed by atoms with Gasteiger partial charge < -0.3 is 50.7 Å². The van der Waals surface area contributed by atoms with E-state index in [4.69, 9.17) is 24.3 Å². The Bertz CT molecular complexity index is 1160. The minimum Gasteiger partial charge on any atom is -0.387 e. The van der Waals surface area contributed by atoms with Gasteiger partial charge in [0.15, 0.2) is 23.7 Å². The van der Waals surface area contributed by atoms with Crippen molar-refractivity contribution >= 4 is 24.9 Å². The Morgan fingerprint density at radius 1 is 1.00 bits per heavy atom. The highest BCUT2D eigenvalue weighted by Crippen LogP contribution is 2.45. The average Bonchev–Trinajstić information content (AvgIpc) is 3.33. The first-order valence-electron chi connectivity index (χ1n) is 10.1. The summed E-state index contributed by atoms with van der Waals surface area (Å²) in [5.74, 6) is -0.225. The van der Waals surface area contributed by atoms with Gasteiger partial charge in [0, 0.05) is 0 Å². The number of rotatable bonds is 7. The zero-order valence-corrected chi connectivity index (χ0v) is 18.5. The van der Waals surface area contributed by atoms with Crippen LogP contribution in [0.1, 0.15) is 6.23 Å². The lowest BCUT2D eigenvalue weighted by Gasteiger charge is -2.38. The molecule has 4 heterocycles. The minimum atomic E-state index is -4.85. The van der Waals surface area contributed by atoms with Gasteiger partial charge >= 0.3 is 7.82 Å². The second kappa shape index (κ2) is 9.77. The minimum absolute atomic E-state index is 0.0410. The van der Waals surface area contributed by atoms with Gasteiger partial charge in [0.1, 0.15) is 42.7 Å². The third-order valence-corrected chi connectivity index (χ3v) is 6.50. The Morgan fingerprint density at radius 3 is 2.26 bits per heavy atom. The molecule has 35 heavy (non-hydrogen) atoms. The molecule has 2 aromatic rings. The third kappa shape index (κ3) is 5.10.